The summed E-state index contributed by atoms with van der Waals surface area (Å²) >= 11 is 0. The van der Waals surface area contributed by atoms with Crippen molar-refractivity contribution in [1.29, 1.82) is 0 Å². The van der Waals surface area contributed by atoms with Crippen LogP contribution in [0, 0.1) is 11.8 Å². The molecule has 120 valence electrons. The number of nitrogens with zero attached hydrogens (tertiary/aromatic N) is 3. The molecule has 6 heteroatoms. The average Bonchev–Trinajstić information content (AvgIpc) is 2.96. The lowest BCUT2D eigenvalue weighted by atomic mass is 10.0. The smallest absolute Gasteiger partial charge is 0.236 e. The molecule has 2 rings (SSSR count). The van der Waals surface area contributed by atoms with Crippen molar-refractivity contribution in [3.05, 3.63) is 0 Å². The van der Waals surface area contributed by atoms with Gasteiger partial charge in [0.15, 0.2) is 0 Å². The van der Waals surface area contributed by atoms with Gasteiger partial charge in [-0.1, -0.05) is 0 Å². The molecule has 2 aliphatic rings. The number of likely N-dealkylation sites (N-methyl/N-ethyl adjacent to an activating group) is 1. The molecule has 0 aliphatic carbocycles. The molecule has 0 aromatic carbocycles. The summed E-state index contributed by atoms with van der Waals surface area (Å²) < 4.78 is 5.04. The second-order valence-corrected chi connectivity index (χ2v) is 6.45. The zero-order valence-electron chi connectivity index (χ0n) is 13.5. The number of carbonyl (C=O) groups excluding carboxylic acids is 2. The number of methoxy groups -OCH3 is 1. The minimum absolute atomic E-state index is 0.00448. The molecule has 0 unspecified atom stereocenters. The Bertz CT molecular complexity index is 400. The first-order chi connectivity index (χ1) is 9.93. The Balaban J connectivity index is 1.86. The lowest BCUT2D eigenvalue weighted by molar-refractivity contribution is -0.134. The Morgan fingerprint density at radius 2 is 2.10 bits per heavy atom. The van der Waals surface area contributed by atoms with Gasteiger partial charge >= 0.3 is 0 Å². The van der Waals surface area contributed by atoms with E-state index in [0.29, 0.717) is 44.7 Å². The molecular weight excluding hydrogens is 270 g/mol. The van der Waals surface area contributed by atoms with Crippen molar-refractivity contribution in [2.45, 2.75) is 19.9 Å². The summed E-state index contributed by atoms with van der Waals surface area (Å²) in [4.78, 5) is 30.4. The first-order valence-electron chi connectivity index (χ1n) is 7.69. The van der Waals surface area contributed by atoms with Crippen LogP contribution in [0.3, 0.4) is 0 Å². The van der Waals surface area contributed by atoms with Crippen LogP contribution in [0.2, 0.25) is 0 Å². The molecule has 0 N–H and O–H groups in total. The van der Waals surface area contributed by atoms with Gasteiger partial charge in [0.2, 0.25) is 11.8 Å². The quantitative estimate of drug-likeness (QED) is 0.686. The molecule has 21 heavy (non-hydrogen) atoms. The van der Waals surface area contributed by atoms with Crippen molar-refractivity contribution in [1.82, 2.24) is 14.7 Å². The summed E-state index contributed by atoms with van der Waals surface area (Å²) in [5, 5.41) is 0. The van der Waals surface area contributed by atoms with Crippen molar-refractivity contribution in [2.75, 3.05) is 53.5 Å². The summed E-state index contributed by atoms with van der Waals surface area (Å²) in [5.74, 6) is 0.610. The maximum Gasteiger partial charge on any atom is 0.236 e. The van der Waals surface area contributed by atoms with Gasteiger partial charge in [-0.3, -0.25) is 14.5 Å². The van der Waals surface area contributed by atoms with Crippen molar-refractivity contribution >= 4 is 11.8 Å². The second-order valence-electron chi connectivity index (χ2n) is 6.45. The maximum absolute atomic E-state index is 12.3. The van der Waals surface area contributed by atoms with Crippen molar-refractivity contribution in [3.8, 4) is 0 Å². The topological polar surface area (TPSA) is 53.1 Å². The standard InChI is InChI=1S/C15H27N3O3/c1-11(2)16(3)10-14(19)18-8-12-7-17(5-6-21-4)15(20)13(12)9-18/h11-13H,5-10H2,1-4H3/t12-,13+/m1/s1. The zero-order valence-corrected chi connectivity index (χ0v) is 13.5. The predicted molar refractivity (Wildman–Crippen MR) is 79.8 cm³/mol. The van der Waals surface area contributed by atoms with Crippen molar-refractivity contribution in [3.63, 3.8) is 0 Å². The number of hydrogen-bond acceptors (Lipinski definition) is 4. The highest BCUT2D eigenvalue weighted by atomic mass is 16.5. The molecule has 2 atom stereocenters. The largest absolute Gasteiger partial charge is 0.383 e. The summed E-state index contributed by atoms with van der Waals surface area (Å²) in [6.07, 6.45) is 0. The van der Waals surface area contributed by atoms with Gasteiger partial charge in [-0.05, 0) is 20.9 Å². The Morgan fingerprint density at radius 1 is 1.38 bits per heavy atom. The Hall–Kier alpha value is -1.14. The maximum atomic E-state index is 12.3. The van der Waals surface area contributed by atoms with E-state index < -0.39 is 0 Å². The van der Waals surface area contributed by atoms with Gasteiger partial charge in [0, 0.05) is 45.2 Å². The van der Waals surface area contributed by atoms with Crippen LogP contribution in [0.4, 0.5) is 0 Å². The lowest BCUT2D eigenvalue weighted by Gasteiger charge is -2.25. The van der Waals surface area contributed by atoms with E-state index in [0.717, 1.165) is 6.54 Å². The van der Waals surface area contributed by atoms with Crippen molar-refractivity contribution < 1.29 is 14.3 Å². The number of hydrogen-bond donors (Lipinski definition) is 0. The number of ether oxygens (including phenoxy) is 1. The van der Waals surface area contributed by atoms with Crippen LogP contribution in [-0.2, 0) is 14.3 Å². The van der Waals surface area contributed by atoms with E-state index in [9.17, 15) is 9.59 Å². The molecular formula is C15H27N3O3. The number of fused-ring (bicyclic) bond motifs is 1. The monoisotopic (exact) mass is 297 g/mol. The molecule has 2 amide bonds. The van der Waals surface area contributed by atoms with Crippen LogP contribution in [0.5, 0.6) is 0 Å². The number of amides is 2. The molecule has 0 saturated carbocycles. The minimum Gasteiger partial charge on any atom is -0.383 e. The van der Waals surface area contributed by atoms with E-state index in [-0.39, 0.29) is 17.7 Å². The lowest BCUT2D eigenvalue weighted by Crippen LogP contribution is -2.42. The number of likely N-dealkylation sites (tertiary alicyclic amines) is 2. The fourth-order valence-corrected chi connectivity index (χ4v) is 3.05. The van der Waals surface area contributed by atoms with Gasteiger partial charge in [0.1, 0.15) is 0 Å². The van der Waals surface area contributed by atoms with E-state index >= 15 is 0 Å². The van der Waals surface area contributed by atoms with E-state index in [4.69, 9.17) is 4.74 Å². The summed E-state index contributed by atoms with van der Waals surface area (Å²) in [5.41, 5.74) is 0. The third kappa shape index (κ3) is 3.55. The molecule has 2 saturated heterocycles. The van der Waals surface area contributed by atoms with Crippen LogP contribution in [0.25, 0.3) is 0 Å². The zero-order chi connectivity index (χ0) is 15.6. The summed E-state index contributed by atoms with van der Waals surface area (Å²) in [7, 11) is 3.60. The van der Waals surface area contributed by atoms with Crippen LogP contribution in [-0.4, -0.2) is 86.0 Å². The highest BCUT2D eigenvalue weighted by Crippen LogP contribution is 2.32. The predicted octanol–water partition coefficient (Wildman–Crippen LogP) is -0.110. The molecule has 0 spiro atoms. The van der Waals surface area contributed by atoms with E-state index in [2.05, 4.69) is 13.8 Å². The fourth-order valence-electron chi connectivity index (χ4n) is 3.05. The van der Waals surface area contributed by atoms with Crippen LogP contribution < -0.4 is 0 Å². The summed E-state index contributed by atoms with van der Waals surface area (Å²) in [6.45, 7) is 7.86. The molecule has 0 aromatic rings. The highest BCUT2D eigenvalue weighted by Gasteiger charge is 2.47. The Morgan fingerprint density at radius 3 is 2.67 bits per heavy atom. The van der Waals surface area contributed by atoms with E-state index in [1.165, 1.54) is 0 Å². The molecule has 0 radical (unpaired) electrons. The second kappa shape index (κ2) is 6.75. The Labute approximate surface area is 127 Å². The average molecular weight is 297 g/mol. The number of carbonyl (C=O) groups is 2. The molecule has 0 aromatic heterocycles. The number of rotatable bonds is 6. The van der Waals surface area contributed by atoms with Gasteiger partial charge in [0.25, 0.3) is 0 Å². The van der Waals surface area contributed by atoms with Gasteiger partial charge in [-0.2, -0.15) is 0 Å². The Kier molecular flexibility index (Phi) is 5.22. The van der Waals surface area contributed by atoms with Gasteiger partial charge < -0.3 is 14.5 Å². The van der Waals surface area contributed by atoms with Gasteiger partial charge in [-0.25, -0.2) is 0 Å². The minimum atomic E-state index is -0.00448. The molecule has 2 fully saturated rings. The SMILES string of the molecule is COCCN1C[C@@H]2CN(C(=O)CN(C)C(C)C)C[C@@H]2C1=O. The normalized spacial score (nSPS) is 25.3. The first-order valence-corrected chi connectivity index (χ1v) is 7.69. The van der Waals surface area contributed by atoms with Crippen LogP contribution in [0.1, 0.15) is 13.8 Å². The van der Waals surface area contributed by atoms with E-state index in [1.807, 2.05) is 21.7 Å². The fraction of sp³-hybridized carbons (Fsp3) is 0.867. The van der Waals surface area contributed by atoms with Crippen LogP contribution >= 0.6 is 0 Å². The molecule has 0 bridgehead atoms. The summed E-state index contributed by atoms with van der Waals surface area (Å²) in [6, 6.07) is 0.349. The van der Waals surface area contributed by atoms with E-state index in [1.54, 1.807) is 7.11 Å². The molecule has 6 nitrogen and oxygen atoms in total. The van der Waals surface area contributed by atoms with Crippen LogP contribution in [0.15, 0.2) is 0 Å². The van der Waals surface area contributed by atoms with Gasteiger partial charge in [0.05, 0.1) is 19.1 Å². The third-order valence-corrected chi connectivity index (χ3v) is 4.71. The molecule has 2 aliphatic heterocycles. The third-order valence-electron chi connectivity index (χ3n) is 4.71. The molecule has 2 heterocycles. The first kappa shape index (κ1) is 16.2. The highest BCUT2D eigenvalue weighted by molar-refractivity contribution is 5.85. The van der Waals surface area contributed by atoms with Gasteiger partial charge in [-0.15, -0.1) is 0 Å². The van der Waals surface area contributed by atoms with Crippen molar-refractivity contribution in [2.24, 2.45) is 11.8 Å².